The molecule has 6 heteroatoms. The second-order valence-electron chi connectivity index (χ2n) is 5.85. The third-order valence-corrected chi connectivity index (χ3v) is 4.41. The molecule has 0 saturated heterocycles. The fourth-order valence-corrected chi connectivity index (χ4v) is 3.09. The molecule has 112 valence electrons. The van der Waals surface area contributed by atoms with Crippen molar-refractivity contribution in [3.63, 3.8) is 0 Å². The van der Waals surface area contributed by atoms with Crippen LogP contribution in [0.25, 0.3) is 0 Å². The Balaban J connectivity index is 2.58. The van der Waals surface area contributed by atoms with Crippen molar-refractivity contribution < 1.29 is 9.59 Å². The van der Waals surface area contributed by atoms with E-state index in [9.17, 15) is 9.59 Å². The van der Waals surface area contributed by atoms with Gasteiger partial charge in [0.15, 0.2) is 0 Å². The van der Waals surface area contributed by atoms with Crippen molar-refractivity contribution in [3.05, 3.63) is 20.8 Å². The van der Waals surface area contributed by atoms with E-state index in [1.807, 2.05) is 32.9 Å². The number of likely N-dealkylation sites (N-methyl/N-ethyl adjacent to an activating group) is 1. The first-order valence-corrected chi connectivity index (χ1v) is 8.02. The van der Waals surface area contributed by atoms with Gasteiger partial charge in [0.2, 0.25) is 11.8 Å². The van der Waals surface area contributed by atoms with Gasteiger partial charge < -0.3 is 10.2 Å². The van der Waals surface area contributed by atoms with Gasteiger partial charge in [-0.3, -0.25) is 9.59 Å². The summed E-state index contributed by atoms with van der Waals surface area (Å²) in [6.07, 6.45) is 0. The van der Waals surface area contributed by atoms with Crippen LogP contribution in [0.1, 0.15) is 32.6 Å². The zero-order valence-corrected chi connectivity index (χ0v) is 14.9. The van der Waals surface area contributed by atoms with Crippen LogP contribution in [0.3, 0.4) is 0 Å². The first-order valence-electron chi connectivity index (χ1n) is 6.41. The highest BCUT2D eigenvalue weighted by molar-refractivity contribution is 9.11. The normalized spacial score (nSPS) is 12.9. The number of hydrogen-bond acceptors (Lipinski definition) is 3. The van der Waals surface area contributed by atoms with Crippen LogP contribution < -0.4 is 5.32 Å². The minimum absolute atomic E-state index is 0.0906. The number of halogens is 1. The van der Waals surface area contributed by atoms with E-state index in [-0.39, 0.29) is 11.8 Å². The smallest absolute Gasteiger partial charge is 0.244 e. The highest BCUT2D eigenvalue weighted by Gasteiger charge is 2.26. The maximum Gasteiger partial charge on any atom is 0.244 e. The van der Waals surface area contributed by atoms with Gasteiger partial charge in [-0.1, -0.05) is 20.8 Å². The van der Waals surface area contributed by atoms with Gasteiger partial charge in [0.1, 0.15) is 6.04 Å². The molecule has 0 radical (unpaired) electrons. The maximum atomic E-state index is 12.2. The molecule has 1 unspecified atom stereocenters. The Morgan fingerprint density at radius 3 is 2.45 bits per heavy atom. The molecule has 0 spiro atoms. The Bertz CT molecular complexity index is 494. The second-order valence-corrected chi connectivity index (χ2v) is 8.39. The third-order valence-electron chi connectivity index (χ3n) is 2.80. The Morgan fingerprint density at radius 1 is 1.40 bits per heavy atom. The third kappa shape index (κ3) is 4.90. The Labute approximate surface area is 132 Å². The highest BCUT2D eigenvalue weighted by Crippen LogP contribution is 2.23. The van der Waals surface area contributed by atoms with E-state index in [4.69, 9.17) is 0 Å². The number of carbonyl (C=O) groups is 2. The molecule has 1 aromatic rings. The predicted octanol–water partition coefficient (Wildman–Crippen LogP) is 3.02. The van der Waals surface area contributed by atoms with Gasteiger partial charge in [0.25, 0.3) is 0 Å². The van der Waals surface area contributed by atoms with Crippen molar-refractivity contribution in [3.8, 4) is 0 Å². The maximum absolute atomic E-state index is 12.2. The number of nitrogens with one attached hydrogen (secondary N) is 1. The number of amides is 2. The van der Waals surface area contributed by atoms with Crippen LogP contribution in [0.4, 0.5) is 0 Å². The van der Waals surface area contributed by atoms with Gasteiger partial charge >= 0.3 is 0 Å². The summed E-state index contributed by atoms with van der Waals surface area (Å²) < 4.78 is 1.04. The summed E-state index contributed by atoms with van der Waals surface area (Å²) in [5.74, 6) is -0.210. The number of nitrogens with zero attached hydrogens (tertiary/aromatic N) is 1. The van der Waals surface area contributed by atoms with Crippen molar-refractivity contribution >= 4 is 39.1 Å². The molecule has 1 aromatic heterocycles. The largest absolute Gasteiger partial charge is 0.344 e. The van der Waals surface area contributed by atoms with Gasteiger partial charge in [0, 0.05) is 17.3 Å². The number of hydrogen-bond donors (Lipinski definition) is 1. The predicted molar refractivity (Wildman–Crippen MR) is 85.6 cm³/mol. The lowest BCUT2D eigenvalue weighted by Gasteiger charge is -2.25. The standard InChI is InChI=1S/C14H21BrN2O2S/c1-9(16-13(19)14(2,3)4)12(18)17(5)8-10-6-7-11(15)20-10/h6-7,9H,8H2,1-5H3,(H,16,19). The molecule has 0 bridgehead atoms. The Kier molecular flexibility index (Phi) is 5.77. The van der Waals surface area contributed by atoms with Crippen LogP contribution in [0.15, 0.2) is 15.9 Å². The molecule has 1 N–H and O–H groups in total. The van der Waals surface area contributed by atoms with E-state index in [2.05, 4.69) is 21.2 Å². The van der Waals surface area contributed by atoms with Gasteiger partial charge in [-0.05, 0) is 35.0 Å². The van der Waals surface area contributed by atoms with E-state index >= 15 is 0 Å². The average Bonchev–Trinajstić information content (AvgIpc) is 2.72. The molecule has 0 saturated carbocycles. The van der Waals surface area contributed by atoms with Crippen LogP contribution in [0.5, 0.6) is 0 Å². The van der Waals surface area contributed by atoms with Gasteiger partial charge in [-0.15, -0.1) is 11.3 Å². The fraction of sp³-hybridized carbons (Fsp3) is 0.571. The highest BCUT2D eigenvalue weighted by atomic mass is 79.9. The first-order chi connectivity index (χ1) is 9.11. The van der Waals surface area contributed by atoms with Crippen LogP contribution >= 0.6 is 27.3 Å². The van der Waals surface area contributed by atoms with Crippen LogP contribution in [-0.2, 0) is 16.1 Å². The van der Waals surface area contributed by atoms with Gasteiger partial charge in [-0.2, -0.15) is 0 Å². The Morgan fingerprint density at radius 2 is 2.00 bits per heavy atom. The molecule has 1 heterocycles. The lowest BCUT2D eigenvalue weighted by Crippen LogP contribution is -2.48. The molecule has 0 aliphatic rings. The van der Waals surface area contributed by atoms with Crippen molar-refractivity contribution in [2.24, 2.45) is 5.41 Å². The molecule has 20 heavy (non-hydrogen) atoms. The molecule has 0 aliphatic carbocycles. The second kappa shape index (κ2) is 6.72. The summed E-state index contributed by atoms with van der Waals surface area (Å²) in [7, 11) is 1.75. The Hall–Kier alpha value is -0.880. The molecule has 1 atom stereocenters. The number of rotatable bonds is 4. The minimum Gasteiger partial charge on any atom is -0.344 e. The molecular weight excluding hydrogens is 340 g/mol. The fourth-order valence-electron chi connectivity index (χ4n) is 1.55. The van der Waals surface area contributed by atoms with Crippen LogP contribution in [-0.4, -0.2) is 29.8 Å². The van der Waals surface area contributed by atoms with Crippen LogP contribution in [0.2, 0.25) is 0 Å². The van der Waals surface area contributed by atoms with E-state index in [1.165, 1.54) is 0 Å². The van der Waals surface area contributed by atoms with Crippen molar-refractivity contribution in [1.82, 2.24) is 10.2 Å². The zero-order chi connectivity index (χ0) is 15.5. The SMILES string of the molecule is CC(NC(=O)C(C)(C)C)C(=O)N(C)Cc1ccc(Br)s1. The quantitative estimate of drug-likeness (QED) is 0.896. The summed E-state index contributed by atoms with van der Waals surface area (Å²) in [6.45, 7) is 7.74. The molecule has 2 amide bonds. The summed E-state index contributed by atoms with van der Waals surface area (Å²) in [5.41, 5.74) is -0.494. The van der Waals surface area contributed by atoms with E-state index in [1.54, 1.807) is 30.2 Å². The molecule has 0 fully saturated rings. The van der Waals surface area contributed by atoms with E-state index in [0.29, 0.717) is 6.54 Å². The molecule has 0 aromatic carbocycles. The number of carbonyl (C=O) groups excluding carboxylic acids is 2. The molecule has 1 rings (SSSR count). The van der Waals surface area contributed by atoms with E-state index < -0.39 is 11.5 Å². The van der Waals surface area contributed by atoms with Crippen molar-refractivity contribution in [2.75, 3.05) is 7.05 Å². The summed E-state index contributed by atoms with van der Waals surface area (Å²) in [5, 5.41) is 2.76. The lowest BCUT2D eigenvalue weighted by atomic mass is 9.95. The van der Waals surface area contributed by atoms with Crippen molar-refractivity contribution in [2.45, 2.75) is 40.3 Å². The number of thiophene rings is 1. The monoisotopic (exact) mass is 360 g/mol. The molecular formula is C14H21BrN2O2S. The topological polar surface area (TPSA) is 49.4 Å². The lowest BCUT2D eigenvalue weighted by molar-refractivity contribution is -0.137. The summed E-state index contributed by atoms with van der Waals surface area (Å²) >= 11 is 5.00. The van der Waals surface area contributed by atoms with Gasteiger partial charge in [-0.25, -0.2) is 0 Å². The average molecular weight is 361 g/mol. The van der Waals surface area contributed by atoms with Crippen LogP contribution in [0, 0.1) is 5.41 Å². The zero-order valence-electron chi connectivity index (χ0n) is 12.5. The summed E-state index contributed by atoms with van der Waals surface area (Å²) in [4.78, 5) is 26.8. The van der Waals surface area contributed by atoms with E-state index in [0.717, 1.165) is 8.66 Å². The first kappa shape index (κ1) is 17.2. The van der Waals surface area contributed by atoms with Gasteiger partial charge in [0.05, 0.1) is 10.3 Å². The van der Waals surface area contributed by atoms with Crippen molar-refractivity contribution in [1.29, 1.82) is 0 Å². The molecule has 0 aliphatic heterocycles. The minimum atomic E-state index is -0.518. The molecule has 4 nitrogen and oxygen atoms in total. The summed E-state index contributed by atoms with van der Waals surface area (Å²) in [6, 6.07) is 3.43.